The minimum absolute atomic E-state index is 0.213. The van der Waals surface area contributed by atoms with Gasteiger partial charge in [0.2, 0.25) is 0 Å². The number of ether oxygens (including phenoxy) is 2. The Labute approximate surface area is 94.4 Å². The van der Waals surface area contributed by atoms with Crippen molar-refractivity contribution in [2.24, 2.45) is 0 Å². The molecule has 0 N–H and O–H groups in total. The van der Waals surface area contributed by atoms with E-state index in [1.165, 1.54) is 12.2 Å². The van der Waals surface area contributed by atoms with E-state index < -0.39 is 17.5 Å². The summed E-state index contributed by atoms with van der Waals surface area (Å²) in [7, 11) is 1.40. The van der Waals surface area contributed by atoms with E-state index in [0.717, 1.165) is 0 Å². The lowest BCUT2D eigenvalue weighted by molar-refractivity contribution is -0.170. The molecule has 16 heavy (non-hydrogen) atoms. The summed E-state index contributed by atoms with van der Waals surface area (Å²) in [5, 5.41) is 1.28. The van der Waals surface area contributed by atoms with Crippen LogP contribution in [0.1, 0.15) is 20.8 Å². The number of esters is 2. The van der Waals surface area contributed by atoms with Gasteiger partial charge in [-0.3, -0.25) is 0 Å². The van der Waals surface area contributed by atoms with Crippen LogP contribution in [0.5, 0.6) is 0 Å². The van der Waals surface area contributed by atoms with Crippen LogP contribution in [-0.2, 0) is 23.9 Å². The first-order chi connectivity index (χ1) is 7.57. The van der Waals surface area contributed by atoms with Crippen LogP contribution >= 0.6 is 0 Å². The van der Waals surface area contributed by atoms with Crippen molar-refractivity contribution in [2.75, 3.05) is 20.3 Å². The summed E-state index contributed by atoms with van der Waals surface area (Å²) in [4.78, 5) is 28.5. The maximum absolute atomic E-state index is 11.8. The monoisotopic (exact) mass is 231 g/mol. The third-order valence-electron chi connectivity index (χ3n) is 2.61. The molecule has 1 heterocycles. The van der Waals surface area contributed by atoms with Gasteiger partial charge in [-0.15, -0.1) is 0 Å². The number of carbonyl (C=O) groups excluding carboxylic acids is 2. The SMILES string of the molecule is CCOC(=O)C1(C(=O)OCC)C(C)N1OC. The first-order valence-electron chi connectivity index (χ1n) is 5.25. The average molecular weight is 231 g/mol. The van der Waals surface area contributed by atoms with Gasteiger partial charge in [-0.2, -0.15) is 5.06 Å². The quantitative estimate of drug-likeness (QED) is 0.380. The zero-order chi connectivity index (χ0) is 12.3. The number of hydrogen-bond acceptors (Lipinski definition) is 6. The van der Waals surface area contributed by atoms with Gasteiger partial charge in [-0.05, 0) is 20.8 Å². The summed E-state index contributed by atoms with van der Waals surface area (Å²) in [5.41, 5.74) is -1.42. The van der Waals surface area contributed by atoms with Gasteiger partial charge in [-0.25, -0.2) is 9.59 Å². The number of rotatable bonds is 5. The fraction of sp³-hybridized carbons (Fsp3) is 0.800. The highest BCUT2D eigenvalue weighted by Crippen LogP contribution is 2.43. The third kappa shape index (κ3) is 1.68. The van der Waals surface area contributed by atoms with E-state index in [4.69, 9.17) is 14.3 Å². The maximum Gasteiger partial charge on any atom is 0.342 e. The molecule has 6 nitrogen and oxygen atoms in total. The molecule has 0 bridgehead atoms. The second-order valence-electron chi connectivity index (χ2n) is 3.39. The molecule has 1 rings (SSSR count). The van der Waals surface area contributed by atoms with Crippen LogP contribution in [0.15, 0.2) is 0 Å². The second kappa shape index (κ2) is 4.80. The minimum atomic E-state index is -1.42. The first kappa shape index (κ1) is 12.9. The van der Waals surface area contributed by atoms with E-state index in [9.17, 15) is 9.59 Å². The normalized spacial score (nSPS) is 26.0. The predicted molar refractivity (Wildman–Crippen MR) is 54.3 cm³/mol. The lowest BCUT2D eigenvalue weighted by atomic mass is 10.1. The zero-order valence-corrected chi connectivity index (χ0v) is 9.98. The minimum Gasteiger partial charge on any atom is -0.464 e. The van der Waals surface area contributed by atoms with Gasteiger partial charge in [0, 0.05) is 0 Å². The molecule has 0 aromatic rings. The third-order valence-corrected chi connectivity index (χ3v) is 2.61. The predicted octanol–water partition coefficient (Wildman–Crippen LogP) is 0.117. The lowest BCUT2D eigenvalue weighted by Crippen LogP contribution is -2.42. The first-order valence-corrected chi connectivity index (χ1v) is 5.25. The van der Waals surface area contributed by atoms with Gasteiger partial charge in [0.25, 0.3) is 5.54 Å². The Morgan fingerprint density at radius 1 is 1.19 bits per heavy atom. The molecular weight excluding hydrogens is 214 g/mol. The van der Waals surface area contributed by atoms with Gasteiger partial charge in [-0.1, -0.05) is 0 Å². The average Bonchev–Trinajstić information content (AvgIpc) is 2.85. The van der Waals surface area contributed by atoms with E-state index in [1.807, 2.05) is 0 Å². The Morgan fingerprint density at radius 3 is 1.88 bits per heavy atom. The van der Waals surface area contributed by atoms with Gasteiger partial charge in [0.1, 0.15) is 0 Å². The van der Waals surface area contributed by atoms with E-state index in [0.29, 0.717) is 0 Å². The topological polar surface area (TPSA) is 64.8 Å². The van der Waals surface area contributed by atoms with Crippen LogP contribution in [-0.4, -0.2) is 48.9 Å². The molecule has 0 saturated carbocycles. The maximum atomic E-state index is 11.8. The number of nitrogens with zero attached hydrogens (tertiary/aromatic N) is 1. The van der Waals surface area contributed by atoms with Crippen LogP contribution in [0, 0.1) is 0 Å². The fourth-order valence-corrected chi connectivity index (χ4v) is 1.79. The highest BCUT2D eigenvalue weighted by Gasteiger charge is 2.75. The molecule has 0 amide bonds. The molecule has 2 atom stereocenters. The summed E-state index contributed by atoms with van der Waals surface area (Å²) in [6.07, 6.45) is 0. The van der Waals surface area contributed by atoms with Crippen molar-refractivity contribution in [3.8, 4) is 0 Å². The Kier molecular flexibility index (Phi) is 3.88. The smallest absolute Gasteiger partial charge is 0.342 e. The van der Waals surface area contributed by atoms with Crippen molar-refractivity contribution in [3.05, 3.63) is 0 Å². The summed E-state index contributed by atoms with van der Waals surface area (Å²) in [5.74, 6) is -1.24. The Hall–Kier alpha value is -1.14. The Balaban J connectivity index is 2.88. The Morgan fingerprint density at radius 2 is 1.62 bits per heavy atom. The van der Waals surface area contributed by atoms with Crippen LogP contribution in [0.3, 0.4) is 0 Å². The summed E-state index contributed by atoms with van der Waals surface area (Å²) in [6, 6.07) is -0.365. The van der Waals surface area contributed by atoms with E-state index in [-0.39, 0.29) is 19.3 Å². The molecule has 92 valence electrons. The van der Waals surface area contributed by atoms with Crippen LogP contribution in [0.25, 0.3) is 0 Å². The largest absolute Gasteiger partial charge is 0.464 e. The molecule has 1 aliphatic rings. The van der Waals surface area contributed by atoms with Gasteiger partial charge in [0.05, 0.1) is 26.4 Å². The van der Waals surface area contributed by atoms with Crippen molar-refractivity contribution in [1.82, 2.24) is 5.06 Å². The summed E-state index contributed by atoms with van der Waals surface area (Å²) < 4.78 is 9.76. The molecule has 0 aliphatic carbocycles. The van der Waals surface area contributed by atoms with E-state index in [1.54, 1.807) is 20.8 Å². The van der Waals surface area contributed by atoms with Gasteiger partial charge in [0.15, 0.2) is 0 Å². The molecular formula is C10H17NO5. The molecule has 0 aromatic carbocycles. The number of hydroxylamine groups is 2. The van der Waals surface area contributed by atoms with Crippen LogP contribution in [0.4, 0.5) is 0 Å². The van der Waals surface area contributed by atoms with Crippen molar-refractivity contribution < 1.29 is 23.9 Å². The zero-order valence-electron chi connectivity index (χ0n) is 9.98. The van der Waals surface area contributed by atoms with Crippen molar-refractivity contribution in [2.45, 2.75) is 32.4 Å². The second-order valence-corrected chi connectivity index (χ2v) is 3.39. The van der Waals surface area contributed by atoms with E-state index >= 15 is 0 Å². The molecule has 1 aliphatic heterocycles. The molecule has 0 radical (unpaired) electrons. The summed E-state index contributed by atoms with van der Waals surface area (Å²) >= 11 is 0. The van der Waals surface area contributed by atoms with Gasteiger partial charge < -0.3 is 14.3 Å². The van der Waals surface area contributed by atoms with Crippen molar-refractivity contribution in [1.29, 1.82) is 0 Å². The molecule has 0 spiro atoms. The molecule has 1 fully saturated rings. The van der Waals surface area contributed by atoms with Crippen LogP contribution in [0.2, 0.25) is 0 Å². The van der Waals surface area contributed by atoms with Gasteiger partial charge >= 0.3 is 11.9 Å². The highest BCUT2D eigenvalue weighted by molar-refractivity contribution is 6.09. The van der Waals surface area contributed by atoms with Crippen molar-refractivity contribution in [3.63, 3.8) is 0 Å². The van der Waals surface area contributed by atoms with E-state index in [2.05, 4.69) is 0 Å². The highest BCUT2D eigenvalue weighted by atomic mass is 16.7. The fourth-order valence-electron chi connectivity index (χ4n) is 1.79. The number of carbonyl (C=O) groups is 2. The standard InChI is InChI=1S/C10H17NO5/c1-5-15-8(12)10(9(13)16-6-2)7(3)11(10)14-4/h7H,5-6H2,1-4H3. The lowest BCUT2D eigenvalue weighted by Gasteiger charge is -2.13. The summed E-state index contributed by atoms with van der Waals surface area (Å²) in [6.45, 7) is 5.49. The van der Waals surface area contributed by atoms with Crippen molar-refractivity contribution >= 4 is 11.9 Å². The number of hydrogen-bond donors (Lipinski definition) is 0. The molecule has 0 aromatic heterocycles. The molecule has 1 saturated heterocycles. The molecule has 6 heteroatoms. The molecule has 2 unspecified atom stereocenters. The Bertz CT molecular complexity index is 273. The van der Waals surface area contributed by atoms with Crippen LogP contribution < -0.4 is 0 Å².